The molecule has 1 aliphatic heterocycles. The SMILES string of the molecule is CC(=O)Nc1ccccc1COC(=O)N(Cc1ccccc1)C1CCC(=O)NC1=O. The molecule has 1 saturated heterocycles. The minimum Gasteiger partial charge on any atom is -0.444 e. The molecular weight excluding hydrogens is 386 g/mol. The van der Waals surface area contributed by atoms with E-state index in [4.69, 9.17) is 4.74 Å². The lowest BCUT2D eigenvalue weighted by Gasteiger charge is -2.32. The van der Waals surface area contributed by atoms with Gasteiger partial charge in [0, 0.05) is 31.1 Å². The van der Waals surface area contributed by atoms with Crippen LogP contribution >= 0.6 is 0 Å². The van der Waals surface area contributed by atoms with Crippen LogP contribution in [-0.2, 0) is 32.3 Å². The van der Waals surface area contributed by atoms with Crippen LogP contribution in [0.3, 0.4) is 0 Å². The summed E-state index contributed by atoms with van der Waals surface area (Å²) in [7, 11) is 0. The average Bonchev–Trinajstić information content (AvgIpc) is 2.72. The van der Waals surface area contributed by atoms with Crippen LogP contribution in [0.25, 0.3) is 0 Å². The van der Waals surface area contributed by atoms with E-state index in [0.717, 1.165) is 5.56 Å². The number of ether oxygens (including phenoxy) is 1. The zero-order chi connectivity index (χ0) is 21.5. The summed E-state index contributed by atoms with van der Waals surface area (Å²) in [4.78, 5) is 49.5. The lowest BCUT2D eigenvalue weighted by atomic mass is 10.0. The van der Waals surface area contributed by atoms with E-state index in [1.807, 2.05) is 30.3 Å². The quantitative estimate of drug-likeness (QED) is 0.714. The van der Waals surface area contributed by atoms with Gasteiger partial charge in [-0.05, 0) is 18.1 Å². The monoisotopic (exact) mass is 409 g/mol. The lowest BCUT2D eigenvalue weighted by molar-refractivity contribution is -0.137. The first-order valence-corrected chi connectivity index (χ1v) is 9.60. The van der Waals surface area contributed by atoms with Crippen molar-refractivity contribution in [2.75, 3.05) is 5.32 Å². The molecule has 2 aromatic rings. The normalized spacial score (nSPS) is 15.8. The molecule has 2 N–H and O–H groups in total. The number of carbonyl (C=O) groups is 4. The molecule has 1 fully saturated rings. The highest BCUT2D eigenvalue weighted by atomic mass is 16.6. The first-order valence-electron chi connectivity index (χ1n) is 9.60. The maximum atomic E-state index is 12.9. The molecule has 1 unspecified atom stereocenters. The number of amides is 4. The number of para-hydroxylation sites is 1. The molecular formula is C22H23N3O5. The zero-order valence-corrected chi connectivity index (χ0v) is 16.6. The van der Waals surface area contributed by atoms with Gasteiger partial charge in [0.2, 0.25) is 17.7 Å². The van der Waals surface area contributed by atoms with E-state index in [1.165, 1.54) is 11.8 Å². The number of rotatable bonds is 6. The number of carbonyl (C=O) groups excluding carboxylic acids is 4. The van der Waals surface area contributed by atoms with Crippen LogP contribution in [0.1, 0.15) is 30.9 Å². The Morgan fingerprint density at radius 2 is 1.80 bits per heavy atom. The van der Waals surface area contributed by atoms with Crippen LogP contribution in [-0.4, -0.2) is 34.8 Å². The third-order valence-electron chi connectivity index (χ3n) is 4.70. The molecule has 1 aliphatic rings. The standard InChI is InChI=1S/C22H23N3O5/c1-15(26)23-18-10-6-5-9-17(18)14-30-22(29)25(13-16-7-3-2-4-8-16)19-11-12-20(27)24-21(19)28/h2-10,19H,11-14H2,1H3,(H,23,26)(H,24,27,28). The van der Waals surface area contributed by atoms with Gasteiger partial charge in [-0.3, -0.25) is 24.6 Å². The topological polar surface area (TPSA) is 105 Å². The predicted molar refractivity (Wildman–Crippen MR) is 109 cm³/mol. The van der Waals surface area contributed by atoms with Crippen molar-refractivity contribution in [3.05, 3.63) is 65.7 Å². The second-order valence-corrected chi connectivity index (χ2v) is 6.97. The Morgan fingerprint density at radius 1 is 1.10 bits per heavy atom. The van der Waals surface area contributed by atoms with Gasteiger partial charge in [-0.2, -0.15) is 0 Å². The summed E-state index contributed by atoms with van der Waals surface area (Å²) in [6.07, 6.45) is -0.291. The molecule has 1 atom stereocenters. The van der Waals surface area contributed by atoms with Gasteiger partial charge in [0.1, 0.15) is 12.6 Å². The van der Waals surface area contributed by atoms with E-state index >= 15 is 0 Å². The van der Waals surface area contributed by atoms with Gasteiger partial charge >= 0.3 is 6.09 Å². The average molecular weight is 409 g/mol. The molecule has 0 aliphatic carbocycles. The predicted octanol–water partition coefficient (Wildman–Crippen LogP) is 2.59. The first-order chi connectivity index (χ1) is 14.4. The van der Waals surface area contributed by atoms with Crippen molar-refractivity contribution in [2.45, 2.75) is 39.0 Å². The smallest absolute Gasteiger partial charge is 0.411 e. The van der Waals surface area contributed by atoms with Crippen molar-refractivity contribution < 1.29 is 23.9 Å². The summed E-state index contributed by atoms with van der Waals surface area (Å²) in [5.41, 5.74) is 2.01. The molecule has 30 heavy (non-hydrogen) atoms. The van der Waals surface area contributed by atoms with E-state index in [2.05, 4.69) is 10.6 Å². The summed E-state index contributed by atoms with van der Waals surface area (Å²) >= 11 is 0. The van der Waals surface area contributed by atoms with E-state index < -0.39 is 18.0 Å². The number of hydrogen-bond donors (Lipinski definition) is 2. The van der Waals surface area contributed by atoms with Gasteiger partial charge in [-0.25, -0.2) is 4.79 Å². The minimum absolute atomic E-state index is 0.0755. The van der Waals surface area contributed by atoms with Crippen molar-refractivity contribution in [2.24, 2.45) is 0 Å². The number of piperidine rings is 1. The summed E-state index contributed by atoms with van der Waals surface area (Å²) in [6.45, 7) is 1.49. The third kappa shape index (κ3) is 5.44. The molecule has 0 bridgehead atoms. The molecule has 0 aromatic heterocycles. The lowest BCUT2D eigenvalue weighted by Crippen LogP contribution is -2.54. The van der Waals surface area contributed by atoms with Gasteiger partial charge in [0.25, 0.3) is 0 Å². The number of nitrogens with one attached hydrogen (secondary N) is 2. The van der Waals surface area contributed by atoms with Crippen molar-refractivity contribution in [1.29, 1.82) is 0 Å². The highest BCUT2D eigenvalue weighted by molar-refractivity contribution is 6.01. The summed E-state index contributed by atoms with van der Waals surface area (Å²) in [5.74, 6) is -1.10. The van der Waals surface area contributed by atoms with Gasteiger partial charge in [0.15, 0.2) is 0 Å². The molecule has 3 rings (SSSR count). The Hall–Kier alpha value is -3.68. The maximum absolute atomic E-state index is 12.9. The minimum atomic E-state index is -0.805. The van der Waals surface area contributed by atoms with E-state index in [9.17, 15) is 19.2 Å². The third-order valence-corrected chi connectivity index (χ3v) is 4.70. The molecule has 0 spiro atoms. The molecule has 2 aromatic carbocycles. The molecule has 156 valence electrons. The molecule has 1 heterocycles. The van der Waals surface area contributed by atoms with Gasteiger partial charge < -0.3 is 10.1 Å². The van der Waals surface area contributed by atoms with Crippen molar-refractivity contribution in [3.8, 4) is 0 Å². The van der Waals surface area contributed by atoms with Gasteiger partial charge in [0.05, 0.1) is 0 Å². The Morgan fingerprint density at radius 3 is 2.50 bits per heavy atom. The number of hydrogen-bond acceptors (Lipinski definition) is 5. The van der Waals surface area contributed by atoms with E-state index in [0.29, 0.717) is 11.3 Å². The van der Waals surface area contributed by atoms with Crippen LogP contribution < -0.4 is 10.6 Å². The van der Waals surface area contributed by atoms with Crippen molar-refractivity contribution in [1.82, 2.24) is 10.2 Å². The number of imide groups is 1. The summed E-state index contributed by atoms with van der Waals surface area (Å²) in [5, 5.41) is 4.98. The van der Waals surface area contributed by atoms with Gasteiger partial charge in [-0.1, -0.05) is 48.5 Å². The second-order valence-electron chi connectivity index (χ2n) is 6.97. The fourth-order valence-corrected chi connectivity index (χ4v) is 3.24. The molecule has 0 radical (unpaired) electrons. The Kier molecular flexibility index (Phi) is 6.79. The molecule has 0 saturated carbocycles. The van der Waals surface area contributed by atoms with Crippen LogP contribution in [0.2, 0.25) is 0 Å². The Balaban J connectivity index is 1.76. The first kappa shape index (κ1) is 21.0. The number of nitrogens with zero attached hydrogens (tertiary/aromatic N) is 1. The van der Waals surface area contributed by atoms with E-state index in [1.54, 1.807) is 24.3 Å². The second kappa shape index (κ2) is 9.69. The van der Waals surface area contributed by atoms with Crippen molar-refractivity contribution >= 4 is 29.5 Å². The fourth-order valence-electron chi connectivity index (χ4n) is 3.24. The van der Waals surface area contributed by atoms with E-state index in [-0.39, 0.29) is 37.8 Å². The Labute approximate surface area is 174 Å². The zero-order valence-electron chi connectivity index (χ0n) is 16.6. The van der Waals surface area contributed by atoms with Crippen LogP contribution in [0.5, 0.6) is 0 Å². The highest BCUT2D eigenvalue weighted by Gasteiger charge is 2.35. The van der Waals surface area contributed by atoms with Crippen molar-refractivity contribution in [3.63, 3.8) is 0 Å². The van der Waals surface area contributed by atoms with Crippen LogP contribution in [0.15, 0.2) is 54.6 Å². The fraction of sp³-hybridized carbons (Fsp3) is 0.273. The van der Waals surface area contributed by atoms with Crippen LogP contribution in [0, 0.1) is 0 Å². The largest absolute Gasteiger partial charge is 0.444 e. The summed E-state index contributed by atoms with van der Waals surface area (Å²) < 4.78 is 5.48. The molecule has 8 nitrogen and oxygen atoms in total. The summed E-state index contributed by atoms with van der Waals surface area (Å²) in [6, 6.07) is 15.4. The molecule has 8 heteroatoms. The highest BCUT2D eigenvalue weighted by Crippen LogP contribution is 2.20. The number of anilines is 1. The Bertz CT molecular complexity index is 945. The number of benzene rings is 2. The van der Waals surface area contributed by atoms with Gasteiger partial charge in [-0.15, -0.1) is 0 Å². The maximum Gasteiger partial charge on any atom is 0.411 e. The molecule has 4 amide bonds. The van der Waals surface area contributed by atoms with Crippen LogP contribution in [0.4, 0.5) is 10.5 Å².